The maximum atomic E-state index is 5.52. The lowest BCUT2D eigenvalue weighted by Gasteiger charge is -2.04. The van der Waals surface area contributed by atoms with Gasteiger partial charge in [0.1, 0.15) is 6.33 Å². The minimum absolute atomic E-state index is 0.468. The second-order valence-corrected chi connectivity index (χ2v) is 2.95. The lowest BCUT2D eigenvalue weighted by Crippen LogP contribution is -2.06. The van der Waals surface area contributed by atoms with Crippen LogP contribution in [0.3, 0.4) is 0 Å². The highest BCUT2D eigenvalue weighted by Gasteiger charge is 2.02. The maximum absolute atomic E-state index is 5.52. The van der Waals surface area contributed by atoms with Gasteiger partial charge in [-0.25, -0.2) is 15.0 Å². The molecule has 14 heavy (non-hydrogen) atoms. The van der Waals surface area contributed by atoms with Crippen molar-refractivity contribution in [3.8, 4) is 5.95 Å². The molecule has 0 aliphatic carbocycles. The number of nitrogens with zero attached hydrogens (tertiary/aromatic N) is 4. The Kier molecular flexibility index (Phi) is 2.24. The van der Waals surface area contributed by atoms with Gasteiger partial charge in [-0.15, -0.1) is 0 Å². The number of nitrogens with two attached hydrogens (primary N) is 1. The normalized spacial score (nSPS) is 10.4. The minimum atomic E-state index is 0.468. The Labute approximate surface area is 81.6 Å². The van der Waals surface area contributed by atoms with Crippen molar-refractivity contribution in [2.45, 2.75) is 13.5 Å². The molecule has 0 unspecified atom stereocenters. The van der Waals surface area contributed by atoms with Crippen LogP contribution in [0, 0.1) is 6.92 Å². The van der Waals surface area contributed by atoms with Crippen LogP contribution in [0.4, 0.5) is 0 Å². The molecule has 2 heterocycles. The molecule has 2 aromatic heterocycles. The largest absolute Gasteiger partial charge is 0.326 e. The first-order valence-electron chi connectivity index (χ1n) is 4.32. The van der Waals surface area contributed by atoms with Crippen molar-refractivity contribution in [3.05, 3.63) is 36.2 Å². The van der Waals surface area contributed by atoms with Crippen molar-refractivity contribution in [1.29, 1.82) is 0 Å². The number of hydrogen-bond donors (Lipinski definition) is 1. The van der Waals surface area contributed by atoms with Crippen molar-refractivity contribution in [1.82, 2.24) is 19.5 Å². The van der Waals surface area contributed by atoms with E-state index in [0.29, 0.717) is 12.5 Å². The van der Waals surface area contributed by atoms with Crippen LogP contribution in [-0.4, -0.2) is 19.5 Å². The molecule has 0 bridgehead atoms. The number of rotatable bonds is 2. The van der Waals surface area contributed by atoms with E-state index in [1.807, 2.05) is 6.92 Å². The number of aryl methyl sites for hydroxylation is 1. The van der Waals surface area contributed by atoms with E-state index in [-0.39, 0.29) is 0 Å². The average molecular weight is 189 g/mol. The van der Waals surface area contributed by atoms with Crippen LogP contribution < -0.4 is 5.73 Å². The van der Waals surface area contributed by atoms with Crippen LogP contribution in [0.5, 0.6) is 0 Å². The van der Waals surface area contributed by atoms with E-state index in [2.05, 4.69) is 15.0 Å². The third-order valence-corrected chi connectivity index (χ3v) is 2.02. The van der Waals surface area contributed by atoms with Gasteiger partial charge in [0.05, 0.1) is 0 Å². The third-order valence-electron chi connectivity index (χ3n) is 2.02. The summed E-state index contributed by atoms with van der Waals surface area (Å²) in [6, 6.07) is 0. The number of aromatic nitrogens is 4. The zero-order valence-electron chi connectivity index (χ0n) is 7.88. The third kappa shape index (κ3) is 1.49. The van der Waals surface area contributed by atoms with Crippen molar-refractivity contribution >= 4 is 0 Å². The van der Waals surface area contributed by atoms with Gasteiger partial charge in [0.2, 0.25) is 5.95 Å². The first kappa shape index (κ1) is 8.83. The van der Waals surface area contributed by atoms with Crippen LogP contribution in [-0.2, 0) is 6.54 Å². The summed E-state index contributed by atoms with van der Waals surface area (Å²) in [4.78, 5) is 12.4. The highest BCUT2D eigenvalue weighted by atomic mass is 15.2. The van der Waals surface area contributed by atoms with Gasteiger partial charge in [-0.05, 0) is 6.92 Å². The Hall–Kier alpha value is -1.75. The smallest absolute Gasteiger partial charge is 0.235 e. The molecule has 2 N–H and O–H groups in total. The summed E-state index contributed by atoms with van der Waals surface area (Å²) in [5.74, 6) is 0.622. The van der Waals surface area contributed by atoms with E-state index in [9.17, 15) is 0 Å². The van der Waals surface area contributed by atoms with E-state index >= 15 is 0 Å². The van der Waals surface area contributed by atoms with Crippen LogP contribution >= 0.6 is 0 Å². The molecule has 0 aliphatic rings. The summed E-state index contributed by atoms with van der Waals surface area (Å²) in [5, 5.41) is 0. The molecule has 2 aromatic rings. The summed E-state index contributed by atoms with van der Waals surface area (Å²) in [6.45, 7) is 2.39. The van der Waals surface area contributed by atoms with Gasteiger partial charge in [-0.3, -0.25) is 4.57 Å². The summed E-state index contributed by atoms with van der Waals surface area (Å²) in [6.07, 6.45) is 6.90. The first-order valence-corrected chi connectivity index (χ1v) is 4.32. The van der Waals surface area contributed by atoms with E-state index in [0.717, 1.165) is 11.3 Å². The number of hydrogen-bond acceptors (Lipinski definition) is 4. The zero-order chi connectivity index (χ0) is 9.97. The summed E-state index contributed by atoms with van der Waals surface area (Å²) < 4.78 is 1.76. The van der Waals surface area contributed by atoms with E-state index in [1.54, 1.807) is 29.5 Å². The molecule has 0 amide bonds. The molecule has 0 fully saturated rings. The van der Waals surface area contributed by atoms with Crippen molar-refractivity contribution in [3.63, 3.8) is 0 Å². The van der Waals surface area contributed by atoms with Crippen LogP contribution in [0.25, 0.3) is 5.95 Å². The monoisotopic (exact) mass is 189 g/mol. The lowest BCUT2D eigenvalue weighted by atomic mass is 10.2. The van der Waals surface area contributed by atoms with Gasteiger partial charge in [0.25, 0.3) is 0 Å². The van der Waals surface area contributed by atoms with Crippen molar-refractivity contribution < 1.29 is 0 Å². The Balaban J connectivity index is 2.43. The molecule has 0 radical (unpaired) electrons. The fourth-order valence-corrected chi connectivity index (χ4v) is 1.18. The zero-order valence-corrected chi connectivity index (χ0v) is 7.88. The predicted octanol–water partition coefficient (Wildman–Crippen LogP) is 0.429. The SMILES string of the molecule is Cc1nc(-n2ccnc2)ncc1CN. The molecule has 72 valence electrons. The van der Waals surface area contributed by atoms with E-state index < -0.39 is 0 Å². The molecular formula is C9H11N5. The molecule has 0 saturated carbocycles. The Morgan fingerprint density at radius 1 is 1.50 bits per heavy atom. The summed E-state index contributed by atoms with van der Waals surface area (Å²) in [7, 11) is 0. The molecule has 0 aromatic carbocycles. The van der Waals surface area contributed by atoms with Crippen molar-refractivity contribution in [2.75, 3.05) is 0 Å². The van der Waals surface area contributed by atoms with Crippen LogP contribution in [0.1, 0.15) is 11.3 Å². The molecule has 0 aliphatic heterocycles. The average Bonchev–Trinajstić information content (AvgIpc) is 2.70. The Morgan fingerprint density at radius 2 is 2.36 bits per heavy atom. The van der Waals surface area contributed by atoms with Gasteiger partial charge in [0, 0.05) is 36.4 Å². The Bertz CT molecular complexity index is 421. The standard InChI is InChI=1S/C9H11N5/c1-7-8(4-10)5-12-9(13-7)14-3-2-11-6-14/h2-3,5-6H,4,10H2,1H3. The molecule has 0 spiro atoms. The molecule has 0 saturated heterocycles. The summed E-state index contributed by atoms with van der Waals surface area (Å²) in [5.41, 5.74) is 7.40. The molecule has 0 atom stereocenters. The van der Waals surface area contributed by atoms with Gasteiger partial charge >= 0.3 is 0 Å². The molecule has 5 heteroatoms. The fraction of sp³-hybridized carbons (Fsp3) is 0.222. The summed E-state index contributed by atoms with van der Waals surface area (Å²) >= 11 is 0. The van der Waals surface area contributed by atoms with E-state index in [1.165, 1.54) is 0 Å². The second kappa shape index (κ2) is 3.55. The quantitative estimate of drug-likeness (QED) is 0.743. The highest BCUT2D eigenvalue weighted by molar-refractivity contribution is 5.21. The van der Waals surface area contributed by atoms with Gasteiger partial charge in [-0.1, -0.05) is 0 Å². The van der Waals surface area contributed by atoms with Gasteiger partial charge in [-0.2, -0.15) is 0 Å². The molecule has 2 rings (SSSR count). The molecular weight excluding hydrogens is 178 g/mol. The lowest BCUT2D eigenvalue weighted by molar-refractivity contribution is 0.879. The first-order chi connectivity index (χ1) is 6.81. The number of imidazole rings is 1. The fourth-order valence-electron chi connectivity index (χ4n) is 1.18. The topological polar surface area (TPSA) is 69.6 Å². The molecule has 5 nitrogen and oxygen atoms in total. The minimum Gasteiger partial charge on any atom is -0.326 e. The predicted molar refractivity (Wildman–Crippen MR) is 51.8 cm³/mol. The van der Waals surface area contributed by atoms with E-state index in [4.69, 9.17) is 5.73 Å². The van der Waals surface area contributed by atoms with Gasteiger partial charge < -0.3 is 5.73 Å². The van der Waals surface area contributed by atoms with Crippen LogP contribution in [0.15, 0.2) is 24.9 Å². The highest BCUT2D eigenvalue weighted by Crippen LogP contribution is 2.05. The Morgan fingerprint density at radius 3 is 2.93 bits per heavy atom. The van der Waals surface area contributed by atoms with Gasteiger partial charge in [0.15, 0.2) is 0 Å². The van der Waals surface area contributed by atoms with Crippen LogP contribution in [0.2, 0.25) is 0 Å². The second-order valence-electron chi connectivity index (χ2n) is 2.95. The van der Waals surface area contributed by atoms with Crippen molar-refractivity contribution in [2.24, 2.45) is 5.73 Å². The maximum Gasteiger partial charge on any atom is 0.235 e.